The second-order valence-corrected chi connectivity index (χ2v) is 5.79. The third-order valence-corrected chi connectivity index (χ3v) is 3.64. The lowest BCUT2D eigenvalue weighted by molar-refractivity contribution is -0.115. The van der Waals surface area contributed by atoms with E-state index in [2.05, 4.69) is 21.2 Å². The highest BCUT2D eigenvalue weighted by Gasteiger charge is 2.05. The van der Waals surface area contributed by atoms with Crippen LogP contribution in [0.25, 0.3) is 0 Å². The van der Waals surface area contributed by atoms with Crippen LogP contribution < -0.4 is 5.32 Å². The first-order chi connectivity index (χ1) is 10.2. The summed E-state index contributed by atoms with van der Waals surface area (Å²) in [6.07, 6.45) is 1.90. The number of rotatable bonds is 6. The molecule has 0 aliphatic rings. The summed E-state index contributed by atoms with van der Waals surface area (Å²) >= 11 is 3.38. The van der Waals surface area contributed by atoms with E-state index in [4.69, 9.17) is 5.11 Å². The fourth-order valence-electron chi connectivity index (χ4n) is 2.08. The van der Waals surface area contributed by atoms with Gasteiger partial charge in [0.1, 0.15) is 0 Å². The average molecular weight is 348 g/mol. The molecular weight excluding hydrogens is 330 g/mol. The predicted octanol–water partition coefficient (Wildman–Crippen LogP) is 3.56. The minimum atomic E-state index is -0.0309. The molecule has 0 heterocycles. The van der Waals surface area contributed by atoms with Gasteiger partial charge in [0, 0.05) is 16.8 Å². The number of aliphatic hydroxyl groups is 1. The van der Waals surface area contributed by atoms with Crippen molar-refractivity contribution in [2.75, 3.05) is 11.9 Å². The van der Waals surface area contributed by atoms with Gasteiger partial charge in [-0.3, -0.25) is 4.79 Å². The van der Waals surface area contributed by atoms with Crippen LogP contribution in [0.1, 0.15) is 17.5 Å². The first-order valence-electron chi connectivity index (χ1n) is 6.91. The number of hydrogen-bond acceptors (Lipinski definition) is 2. The lowest BCUT2D eigenvalue weighted by Gasteiger charge is -2.07. The highest BCUT2D eigenvalue weighted by Crippen LogP contribution is 2.14. The second kappa shape index (κ2) is 7.96. The Morgan fingerprint density at radius 1 is 1.10 bits per heavy atom. The topological polar surface area (TPSA) is 49.3 Å². The van der Waals surface area contributed by atoms with Gasteiger partial charge in [-0.05, 0) is 48.2 Å². The summed E-state index contributed by atoms with van der Waals surface area (Å²) in [5.74, 6) is -0.0309. The van der Waals surface area contributed by atoms with Gasteiger partial charge in [-0.15, -0.1) is 0 Å². The molecule has 0 radical (unpaired) electrons. The average Bonchev–Trinajstić information content (AvgIpc) is 2.48. The van der Waals surface area contributed by atoms with Crippen molar-refractivity contribution >= 4 is 27.5 Å². The molecule has 0 atom stereocenters. The third kappa shape index (κ3) is 5.33. The molecule has 3 nitrogen and oxygen atoms in total. The van der Waals surface area contributed by atoms with Crippen LogP contribution in [0.4, 0.5) is 5.69 Å². The van der Waals surface area contributed by atoms with Crippen molar-refractivity contribution in [3.05, 3.63) is 64.1 Å². The van der Waals surface area contributed by atoms with E-state index in [1.54, 1.807) is 0 Å². The minimum absolute atomic E-state index is 0.0309. The molecule has 0 saturated carbocycles. The molecule has 0 aliphatic heterocycles. The number of hydrogen-bond donors (Lipinski definition) is 2. The zero-order chi connectivity index (χ0) is 15.1. The van der Waals surface area contributed by atoms with E-state index in [1.165, 1.54) is 0 Å². The Balaban J connectivity index is 1.94. The second-order valence-electron chi connectivity index (χ2n) is 4.88. The molecule has 2 rings (SSSR count). The fourth-order valence-corrected chi connectivity index (χ4v) is 2.34. The van der Waals surface area contributed by atoms with Crippen molar-refractivity contribution in [1.29, 1.82) is 0 Å². The summed E-state index contributed by atoms with van der Waals surface area (Å²) in [6, 6.07) is 15.5. The Kier molecular flexibility index (Phi) is 5.96. The molecule has 2 aromatic rings. The van der Waals surface area contributed by atoms with Gasteiger partial charge < -0.3 is 10.4 Å². The largest absolute Gasteiger partial charge is 0.396 e. The van der Waals surface area contributed by atoms with Crippen LogP contribution in [0, 0.1) is 0 Å². The zero-order valence-corrected chi connectivity index (χ0v) is 13.3. The summed E-state index contributed by atoms with van der Waals surface area (Å²) < 4.78 is 1.00. The Morgan fingerprint density at radius 2 is 1.86 bits per heavy atom. The highest BCUT2D eigenvalue weighted by atomic mass is 79.9. The van der Waals surface area contributed by atoms with Crippen LogP contribution in [0.3, 0.4) is 0 Å². The maximum atomic E-state index is 12.0. The number of halogens is 1. The Bertz CT molecular complexity index is 596. The number of carbonyl (C=O) groups excluding carboxylic acids is 1. The molecule has 0 aliphatic carbocycles. The molecule has 0 unspecified atom stereocenters. The van der Waals surface area contributed by atoms with Gasteiger partial charge in [-0.2, -0.15) is 0 Å². The van der Waals surface area contributed by atoms with E-state index in [-0.39, 0.29) is 12.5 Å². The smallest absolute Gasteiger partial charge is 0.228 e. The van der Waals surface area contributed by atoms with Gasteiger partial charge >= 0.3 is 0 Å². The summed E-state index contributed by atoms with van der Waals surface area (Å²) in [6.45, 7) is 0.181. The van der Waals surface area contributed by atoms with Gasteiger partial charge in [-0.25, -0.2) is 0 Å². The van der Waals surface area contributed by atoms with E-state index in [0.29, 0.717) is 6.42 Å². The summed E-state index contributed by atoms with van der Waals surface area (Å²) in [5, 5.41) is 11.8. The van der Waals surface area contributed by atoms with Crippen LogP contribution in [0.2, 0.25) is 0 Å². The normalized spacial score (nSPS) is 10.4. The molecule has 110 valence electrons. The number of carbonyl (C=O) groups is 1. The monoisotopic (exact) mass is 347 g/mol. The first kappa shape index (κ1) is 15.7. The lowest BCUT2D eigenvalue weighted by atomic mass is 10.1. The van der Waals surface area contributed by atoms with Gasteiger partial charge in [0.25, 0.3) is 0 Å². The Labute approximate surface area is 133 Å². The van der Waals surface area contributed by atoms with Crippen molar-refractivity contribution in [3.8, 4) is 0 Å². The van der Waals surface area contributed by atoms with Gasteiger partial charge in [0.05, 0.1) is 6.42 Å². The number of anilines is 1. The van der Waals surface area contributed by atoms with Crippen LogP contribution in [0.5, 0.6) is 0 Å². The number of nitrogens with one attached hydrogen (secondary N) is 1. The van der Waals surface area contributed by atoms with E-state index >= 15 is 0 Å². The van der Waals surface area contributed by atoms with Crippen LogP contribution in [-0.4, -0.2) is 17.6 Å². The molecule has 21 heavy (non-hydrogen) atoms. The molecule has 0 spiro atoms. The standard InChI is InChI=1S/C17H18BrNO2/c18-15-8-6-14(7-9-15)12-17(21)19-16-5-1-3-13(11-16)4-2-10-20/h1,3,5-9,11,20H,2,4,10,12H2,(H,19,21). The number of aryl methyl sites for hydroxylation is 1. The van der Waals surface area contributed by atoms with E-state index in [0.717, 1.165) is 34.1 Å². The van der Waals surface area contributed by atoms with E-state index in [9.17, 15) is 4.79 Å². The molecular formula is C17H18BrNO2. The van der Waals surface area contributed by atoms with Crippen molar-refractivity contribution in [2.45, 2.75) is 19.3 Å². The number of benzene rings is 2. The van der Waals surface area contributed by atoms with E-state index in [1.807, 2.05) is 48.5 Å². The first-order valence-corrected chi connectivity index (χ1v) is 7.71. The maximum absolute atomic E-state index is 12.0. The molecule has 2 N–H and O–H groups in total. The SMILES string of the molecule is O=C(Cc1ccc(Br)cc1)Nc1cccc(CCCO)c1. The fraction of sp³-hybridized carbons (Fsp3) is 0.235. The molecule has 2 aromatic carbocycles. The van der Waals surface area contributed by atoms with Gasteiger partial charge in [-0.1, -0.05) is 40.2 Å². The van der Waals surface area contributed by atoms with Crippen molar-refractivity contribution in [3.63, 3.8) is 0 Å². The molecule has 1 amide bonds. The van der Waals surface area contributed by atoms with Crippen molar-refractivity contribution < 1.29 is 9.90 Å². The molecule has 0 fully saturated rings. The third-order valence-electron chi connectivity index (χ3n) is 3.11. The Hall–Kier alpha value is -1.65. The van der Waals surface area contributed by atoms with Crippen LogP contribution >= 0.6 is 15.9 Å². The molecule has 4 heteroatoms. The van der Waals surface area contributed by atoms with Crippen molar-refractivity contribution in [1.82, 2.24) is 0 Å². The molecule has 0 aromatic heterocycles. The quantitative estimate of drug-likeness (QED) is 0.839. The van der Waals surface area contributed by atoms with E-state index < -0.39 is 0 Å². The lowest BCUT2D eigenvalue weighted by Crippen LogP contribution is -2.14. The summed E-state index contributed by atoms with van der Waals surface area (Å²) in [5.41, 5.74) is 2.89. The van der Waals surface area contributed by atoms with Crippen LogP contribution in [0.15, 0.2) is 53.0 Å². The minimum Gasteiger partial charge on any atom is -0.396 e. The highest BCUT2D eigenvalue weighted by molar-refractivity contribution is 9.10. The Morgan fingerprint density at radius 3 is 2.57 bits per heavy atom. The van der Waals surface area contributed by atoms with Crippen LogP contribution in [-0.2, 0) is 17.6 Å². The molecule has 0 bridgehead atoms. The predicted molar refractivity (Wildman–Crippen MR) is 88.3 cm³/mol. The molecule has 0 saturated heterocycles. The maximum Gasteiger partial charge on any atom is 0.228 e. The summed E-state index contributed by atoms with van der Waals surface area (Å²) in [4.78, 5) is 12.0. The van der Waals surface area contributed by atoms with Crippen molar-refractivity contribution in [2.24, 2.45) is 0 Å². The van der Waals surface area contributed by atoms with Gasteiger partial charge in [0.2, 0.25) is 5.91 Å². The van der Waals surface area contributed by atoms with Gasteiger partial charge in [0.15, 0.2) is 0 Å². The number of amides is 1. The number of aliphatic hydroxyl groups excluding tert-OH is 1. The zero-order valence-electron chi connectivity index (χ0n) is 11.7. The summed E-state index contributed by atoms with van der Waals surface area (Å²) in [7, 11) is 0.